The molecule has 1 aromatic carbocycles. The maximum absolute atomic E-state index is 12.0. The van der Waals surface area contributed by atoms with Gasteiger partial charge in [0.15, 0.2) is 0 Å². The third-order valence-corrected chi connectivity index (χ3v) is 4.63. The summed E-state index contributed by atoms with van der Waals surface area (Å²) in [5.74, 6) is 0.434. The maximum Gasteiger partial charge on any atom is 0.323 e. The molecule has 4 heteroatoms. The van der Waals surface area contributed by atoms with Crippen LogP contribution in [0.25, 0.3) is 0 Å². The highest BCUT2D eigenvalue weighted by Gasteiger charge is 2.53. The van der Waals surface area contributed by atoms with Gasteiger partial charge in [0.05, 0.1) is 19.3 Å². The molecule has 1 aromatic rings. The minimum atomic E-state index is -0.0714. The molecule has 0 radical (unpaired) electrons. The Labute approximate surface area is 112 Å². The van der Waals surface area contributed by atoms with Crippen LogP contribution in [0.4, 0.5) is 0 Å². The van der Waals surface area contributed by atoms with Gasteiger partial charge in [-0.2, -0.15) is 0 Å². The molecule has 4 rings (SSSR count). The highest BCUT2D eigenvalue weighted by atomic mass is 16.5. The van der Waals surface area contributed by atoms with Gasteiger partial charge in [-0.15, -0.1) is 0 Å². The van der Waals surface area contributed by atoms with Crippen molar-refractivity contribution in [2.24, 2.45) is 5.92 Å². The number of cyclic esters (lactones) is 1. The molecule has 0 amide bonds. The van der Waals surface area contributed by atoms with E-state index in [9.17, 15) is 4.79 Å². The first kappa shape index (κ1) is 11.4. The number of esters is 1. The first-order valence-corrected chi connectivity index (χ1v) is 6.91. The van der Waals surface area contributed by atoms with Gasteiger partial charge in [-0.05, 0) is 12.0 Å². The molecule has 0 saturated carbocycles. The molecule has 0 spiro atoms. The molecule has 3 aliphatic heterocycles. The van der Waals surface area contributed by atoms with E-state index >= 15 is 0 Å². The second-order valence-electron chi connectivity index (χ2n) is 5.62. The van der Waals surface area contributed by atoms with Crippen molar-refractivity contribution < 1.29 is 14.3 Å². The van der Waals surface area contributed by atoms with Gasteiger partial charge in [-0.3, -0.25) is 9.69 Å². The Morgan fingerprint density at radius 1 is 1.05 bits per heavy atom. The van der Waals surface area contributed by atoms with E-state index in [0.29, 0.717) is 18.6 Å². The molecular weight excluding hydrogens is 242 g/mol. The second-order valence-corrected chi connectivity index (χ2v) is 5.62. The Kier molecular flexibility index (Phi) is 2.60. The molecule has 0 bridgehead atoms. The normalized spacial score (nSPS) is 37.8. The van der Waals surface area contributed by atoms with Gasteiger partial charge in [-0.1, -0.05) is 30.3 Å². The average molecular weight is 259 g/mol. The molecule has 0 unspecified atom stereocenters. The van der Waals surface area contributed by atoms with Crippen molar-refractivity contribution in [3.8, 4) is 0 Å². The topological polar surface area (TPSA) is 38.8 Å². The number of rotatable bonds is 1. The standard InChI is InChI=1S/C15H17NO3/c17-15-12-6-11-7-18-8-13(11)16(12)14(9-19-15)10-4-2-1-3-5-10/h1-5,11-14H,6-9H2/t11-,12-,13+,14+/m0/s1. The predicted molar refractivity (Wildman–Crippen MR) is 68.5 cm³/mol. The van der Waals surface area contributed by atoms with Crippen molar-refractivity contribution in [2.45, 2.75) is 24.5 Å². The molecular formula is C15H17NO3. The number of benzene rings is 1. The lowest BCUT2D eigenvalue weighted by Gasteiger charge is -2.39. The van der Waals surface area contributed by atoms with Gasteiger partial charge in [0.1, 0.15) is 12.6 Å². The fourth-order valence-electron chi connectivity index (χ4n) is 3.73. The first-order valence-electron chi connectivity index (χ1n) is 6.91. The van der Waals surface area contributed by atoms with E-state index in [1.54, 1.807) is 0 Å². The van der Waals surface area contributed by atoms with Crippen LogP contribution >= 0.6 is 0 Å². The number of hydrogen-bond acceptors (Lipinski definition) is 4. The zero-order valence-corrected chi connectivity index (χ0v) is 10.7. The van der Waals surface area contributed by atoms with E-state index < -0.39 is 0 Å². The summed E-state index contributed by atoms with van der Waals surface area (Å²) in [6.45, 7) is 1.99. The van der Waals surface area contributed by atoms with Crippen LogP contribution in [0.2, 0.25) is 0 Å². The van der Waals surface area contributed by atoms with E-state index in [-0.39, 0.29) is 18.1 Å². The molecule has 3 fully saturated rings. The fraction of sp³-hybridized carbons (Fsp3) is 0.533. The highest BCUT2D eigenvalue weighted by molar-refractivity contribution is 5.77. The molecule has 4 atom stereocenters. The highest BCUT2D eigenvalue weighted by Crippen LogP contribution is 2.42. The van der Waals surface area contributed by atoms with Crippen LogP contribution in [0, 0.1) is 5.92 Å². The van der Waals surface area contributed by atoms with Crippen molar-refractivity contribution in [3.05, 3.63) is 35.9 Å². The number of morpholine rings is 1. The summed E-state index contributed by atoms with van der Waals surface area (Å²) in [6, 6.07) is 10.8. The molecule has 0 aliphatic carbocycles. The number of carbonyl (C=O) groups is 1. The van der Waals surface area contributed by atoms with Crippen molar-refractivity contribution in [2.75, 3.05) is 19.8 Å². The summed E-state index contributed by atoms with van der Waals surface area (Å²) >= 11 is 0. The summed E-state index contributed by atoms with van der Waals surface area (Å²) in [5.41, 5.74) is 1.23. The van der Waals surface area contributed by atoms with Crippen molar-refractivity contribution in [3.63, 3.8) is 0 Å². The molecule has 3 saturated heterocycles. The van der Waals surface area contributed by atoms with Gasteiger partial charge in [-0.25, -0.2) is 0 Å². The Balaban J connectivity index is 1.70. The van der Waals surface area contributed by atoms with E-state index in [0.717, 1.165) is 19.6 Å². The van der Waals surface area contributed by atoms with E-state index in [1.165, 1.54) is 5.56 Å². The third kappa shape index (κ3) is 1.70. The van der Waals surface area contributed by atoms with E-state index in [4.69, 9.17) is 9.47 Å². The summed E-state index contributed by atoms with van der Waals surface area (Å²) in [4.78, 5) is 14.3. The summed E-state index contributed by atoms with van der Waals surface area (Å²) in [7, 11) is 0. The SMILES string of the molecule is O=C1OC[C@H](c2ccccc2)N2[C@@H]3COC[C@@H]3C[C@@H]12. The lowest BCUT2D eigenvalue weighted by atomic mass is 10.0. The number of carbonyl (C=O) groups excluding carboxylic acids is 1. The minimum absolute atomic E-state index is 0.0541. The number of ether oxygens (including phenoxy) is 2. The average Bonchev–Trinajstić information content (AvgIpc) is 3.02. The monoisotopic (exact) mass is 259 g/mol. The molecule has 4 nitrogen and oxygen atoms in total. The van der Waals surface area contributed by atoms with Crippen LogP contribution in [0.15, 0.2) is 30.3 Å². The molecule has 19 heavy (non-hydrogen) atoms. The number of nitrogens with zero attached hydrogens (tertiary/aromatic N) is 1. The van der Waals surface area contributed by atoms with E-state index in [1.807, 2.05) is 18.2 Å². The van der Waals surface area contributed by atoms with Gasteiger partial charge >= 0.3 is 5.97 Å². The van der Waals surface area contributed by atoms with Gasteiger partial charge in [0.25, 0.3) is 0 Å². The molecule has 0 aromatic heterocycles. The smallest absolute Gasteiger partial charge is 0.323 e. The molecule has 3 heterocycles. The quantitative estimate of drug-likeness (QED) is 0.714. The van der Waals surface area contributed by atoms with Crippen LogP contribution < -0.4 is 0 Å². The van der Waals surface area contributed by atoms with Crippen molar-refractivity contribution in [1.82, 2.24) is 4.90 Å². The Morgan fingerprint density at radius 3 is 2.74 bits per heavy atom. The Hall–Kier alpha value is -1.39. The summed E-state index contributed by atoms with van der Waals surface area (Å²) in [5, 5.41) is 0. The van der Waals surface area contributed by atoms with Gasteiger partial charge in [0, 0.05) is 12.0 Å². The molecule has 3 aliphatic rings. The first-order chi connectivity index (χ1) is 9.34. The second kappa shape index (κ2) is 4.32. The lowest BCUT2D eigenvalue weighted by molar-refractivity contribution is -0.162. The summed E-state index contributed by atoms with van der Waals surface area (Å²) < 4.78 is 11.0. The minimum Gasteiger partial charge on any atom is -0.462 e. The van der Waals surface area contributed by atoms with Gasteiger partial charge in [0.2, 0.25) is 0 Å². The Bertz CT molecular complexity index is 489. The van der Waals surface area contributed by atoms with Crippen LogP contribution in [0.3, 0.4) is 0 Å². The number of hydrogen-bond donors (Lipinski definition) is 0. The van der Waals surface area contributed by atoms with Crippen molar-refractivity contribution >= 4 is 5.97 Å². The van der Waals surface area contributed by atoms with Crippen LogP contribution in [0.1, 0.15) is 18.0 Å². The maximum atomic E-state index is 12.0. The van der Waals surface area contributed by atoms with Gasteiger partial charge < -0.3 is 9.47 Å². The zero-order chi connectivity index (χ0) is 12.8. The third-order valence-electron chi connectivity index (χ3n) is 4.63. The zero-order valence-electron chi connectivity index (χ0n) is 10.7. The Morgan fingerprint density at radius 2 is 1.89 bits per heavy atom. The molecule has 100 valence electrons. The van der Waals surface area contributed by atoms with Crippen molar-refractivity contribution in [1.29, 1.82) is 0 Å². The molecule has 0 N–H and O–H groups in total. The summed E-state index contributed by atoms with van der Waals surface area (Å²) in [6.07, 6.45) is 0.882. The van der Waals surface area contributed by atoms with Crippen LogP contribution in [-0.2, 0) is 14.3 Å². The predicted octanol–water partition coefficient (Wildman–Crippen LogP) is 1.37. The van der Waals surface area contributed by atoms with E-state index in [2.05, 4.69) is 17.0 Å². The number of fused-ring (bicyclic) bond motifs is 3. The lowest BCUT2D eigenvalue weighted by Crippen LogP contribution is -2.50. The van der Waals surface area contributed by atoms with Crippen LogP contribution in [0.5, 0.6) is 0 Å². The fourth-order valence-corrected chi connectivity index (χ4v) is 3.73. The largest absolute Gasteiger partial charge is 0.462 e. The van der Waals surface area contributed by atoms with Crippen LogP contribution in [-0.4, -0.2) is 42.8 Å².